The van der Waals surface area contributed by atoms with Crippen molar-refractivity contribution in [3.05, 3.63) is 11.8 Å². The smallest absolute Gasteiger partial charge is 0.253 e. The normalized spacial score (nSPS) is 17.2. The van der Waals surface area contributed by atoms with Gasteiger partial charge in [0.05, 0.1) is 18.3 Å². The van der Waals surface area contributed by atoms with Crippen molar-refractivity contribution < 1.29 is 4.74 Å². The van der Waals surface area contributed by atoms with Crippen LogP contribution < -0.4 is 4.74 Å². The molecule has 0 bridgehead atoms. The van der Waals surface area contributed by atoms with Gasteiger partial charge in [0.1, 0.15) is 5.69 Å². The summed E-state index contributed by atoms with van der Waals surface area (Å²) in [6, 6.07) is 0. The van der Waals surface area contributed by atoms with Crippen LogP contribution in [0.25, 0.3) is 5.57 Å². The van der Waals surface area contributed by atoms with Crippen LogP contribution in [0, 0.1) is 0 Å². The van der Waals surface area contributed by atoms with E-state index in [1.165, 1.54) is 17.3 Å². The molecule has 1 aromatic rings. The highest BCUT2D eigenvalue weighted by Gasteiger charge is 2.18. The summed E-state index contributed by atoms with van der Waals surface area (Å²) < 4.78 is 14.0. The number of hydrogen-bond acceptors (Lipinski definition) is 5. The second kappa shape index (κ2) is 5.41. The molecule has 0 fully saturated rings. The number of ether oxygens (including phenoxy) is 1. The first kappa shape index (κ1) is 11.5. The van der Waals surface area contributed by atoms with E-state index in [1.54, 1.807) is 0 Å². The van der Waals surface area contributed by atoms with Crippen LogP contribution >= 0.6 is 11.7 Å². The zero-order valence-corrected chi connectivity index (χ0v) is 10.6. The highest BCUT2D eigenvalue weighted by atomic mass is 32.1. The fourth-order valence-electron chi connectivity index (χ4n) is 1.86. The maximum absolute atomic E-state index is 5.48. The van der Waals surface area contributed by atoms with Crippen molar-refractivity contribution in [1.29, 1.82) is 0 Å². The third kappa shape index (κ3) is 2.41. The van der Waals surface area contributed by atoms with Gasteiger partial charge in [0, 0.05) is 13.1 Å². The predicted octanol–water partition coefficient (Wildman–Crippen LogP) is 2.05. The monoisotopic (exact) mass is 239 g/mol. The first-order chi connectivity index (χ1) is 7.85. The number of hydrogen-bond donors (Lipinski definition) is 0. The Balaban J connectivity index is 2.16. The third-order valence-electron chi connectivity index (χ3n) is 2.72. The predicted molar refractivity (Wildman–Crippen MR) is 65.8 cm³/mol. The van der Waals surface area contributed by atoms with Gasteiger partial charge in [0.15, 0.2) is 0 Å². The average molecular weight is 239 g/mol. The molecule has 4 nitrogen and oxygen atoms in total. The van der Waals surface area contributed by atoms with Gasteiger partial charge in [-0.2, -0.15) is 4.37 Å². The van der Waals surface area contributed by atoms with Crippen LogP contribution in [0.4, 0.5) is 0 Å². The molecule has 16 heavy (non-hydrogen) atoms. The van der Waals surface area contributed by atoms with Gasteiger partial charge < -0.3 is 4.74 Å². The van der Waals surface area contributed by atoms with Gasteiger partial charge in [0.25, 0.3) is 5.88 Å². The van der Waals surface area contributed by atoms with E-state index in [4.69, 9.17) is 4.74 Å². The van der Waals surface area contributed by atoms with Gasteiger partial charge in [0.2, 0.25) is 0 Å². The van der Waals surface area contributed by atoms with Crippen LogP contribution in [0.2, 0.25) is 0 Å². The van der Waals surface area contributed by atoms with Gasteiger partial charge in [-0.05, 0) is 25.5 Å². The lowest BCUT2D eigenvalue weighted by molar-refractivity contribution is 0.315. The molecule has 88 valence electrons. The fraction of sp³-hybridized carbons (Fsp3) is 0.636. The number of likely N-dealkylation sites (N-methyl/N-ethyl adjacent to an activating group) is 1. The second-order valence-electron chi connectivity index (χ2n) is 3.74. The number of aromatic nitrogens is 2. The van der Waals surface area contributed by atoms with Gasteiger partial charge >= 0.3 is 0 Å². The maximum atomic E-state index is 5.48. The number of nitrogens with zero attached hydrogens (tertiary/aromatic N) is 3. The molecular formula is C11H17N3OS. The zero-order valence-electron chi connectivity index (χ0n) is 9.77. The van der Waals surface area contributed by atoms with Gasteiger partial charge in [-0.3, -0.25) is 4.90 Å². The van der Waals surface area contributed by atoms with E-state index in [2.05, 4.69) is 26.6 Å². The Labute approximate surface area is 100 Å². The van der Waals surface area contributed by atoms with Crippen LogP contribution in [-0.2, 0) is 0 Å². The summed E-state index contributed by atoms with van der Waals surface area (Å²) in [4.78, 5) is 2.41. The molecule has 0 radical (unpaired) electrons. The third-order valence-corrected chi connectivity index (χ3v) is 3.23. The van der Waals surface area contributed by atoms with Gasteiger partial charge in [-0.15, -0.1) is 4.37 Å². The average Bonchev–Trinajstić information content (AvgIpc) is 2.78. The van der Waals surface area contributed by atoms with E-state index in [0.29, 0.717) is 12.5 Å². The standard InChI is InChI=1S/C11H17N3OS/c1-3-14-7-5-6-9(8-14)10-11(15-4-2)13-16-12-10/h6H,3-5,7-8H2,1-2H3. The highest BCUT2D eigenvalue weighted by molar-refractivity contribution is 6.99. The van der Waals surface area contributed by atoms with E-state index in [9.17, 15) is 0 Å². The van der Waals surface area contributed by atoms with Crippen LogP contribution in [0.1, 0.15) is 26.0 Å². The molecule has 0 amide bonds. The molecule has 2 rings (SSSR count). The molecule has 0 saturated heterocycles. The van der Waals surface area contributed by atoms with Crippen molar-refractivity contribution in [3.8, 4) is 5.88 Å². The minimum absolute atomic E-state index is 0.642. The SMILES string of the molecule is CCOc1nsnc1C1=CCCN(CC)C1. The van der Waals surface area contributed by atoms with E-state index in [-0.39, 0.29) is 0 Å². The van der Waals surface area contributed by atoms with Crippen molar-refractivity contribution in [2.75, 3.05) is 26.2 Å². The summed E-state index contributed by atoms with van der Waals surface area (Å²) in [6.45, 7) is 7.98. The lowest BCUT2D eigenvalue weighted by Gasteiger charge is -2.25. The second-order valence-corrected chi connectivity index (χ2v) is 4.27. The molecule has 2 heterocycles. The minimum atomic E-state index is 0.642. The first-order valence-electron chi connectivity index (χ1n) is 5.72. The quantitative estimate of drug-likeness (QED) is 0.806. The molecule has 1 aliphatic heterocycles. The molecule has 0 N–H and O–H groups in total. The van der Waals surface area contributed by atoms with Crippen LogP contribution in [0.15, 0.2) is 6.08 Å². The first-order valence-corrected chi connectivity index (χ1v) is 6.45. The van der Waals surface area contributed by atoms with Crippen molar-refractivity contribution in [2.24, 2.45) is 0 Å². The van der Waals surface area contributed by atoms with Crippen molar-refractivity contribution >= 4 is 17.3 Å². The molecule has 0 aliphatic carbocycles. The highest BCUT2D eigenvalue weighted by Crippen LogP contribution is 2.27. The zero-order chi connectivity index (χ0) is 11.4. The molecule has 0 atom stereocenters. The molecular weight excluding hydrogens is 222 g/mol. The topological polar surface area (TPSA) is 38.3 Å². The summed E-state index contributed by atoms with van der Waals surface area (Å²) in [7, 11) is 0. The van der Waals surface area contributed by atoms with E-state index in [0.717, 1.165) is 31.7 Å². The molecule has 0 spiro atoms. The lowest BCUT2D eigenvalue weighted by Crippen LogP contribution is -2.29. The number of rotatable bonds is 4. The van der Waals surface area contributed by atoms with E-state index < -0.39 is 0 Å². The Hall–Kier alpha value is -0.940. The van der Waals surface area contributed by atoms with Crippen LogP contribution in [0.5, 0.6) is 5.88 Å². The summed E-state index contributed by atoms with van der Waals surface area (Å²) in [5, 5.41) is 0. The van der Waals surface area contributed by atoms with E-state index >= 15 is 0 Å². The summed E-state index contributed by atoms with van der Waals surface area (Å²) >= 11 is 1.22. The summed E-state index contributed by atoms with van der Waals surface area (Å²) in [5.74, 6) is 0.691. The molecule has 0 saturated carbocycles. The van der Waals surface area contributed by atoms with Gasteiger partial charge in [-0.25, -0.2) is 0 Å². The molecule has 5 heteroatoms. The Morgan fingerprint density at radius 3 is 3.06 bits per heavy atom. The fourth-order valence-corrected chi connectivity index (χ4v) is 2.39. The summed E-state index contributed by atoms with van der Waals surface area (Å²) in [6.07, 6.45) is 3.34. The Bertz CT molecular complexity index is 375. The van der Waals surface area contributed by atoms with Crippen LogP contribution in [0.3, 0.4) is 0 Å². The molecule has 0 aromatic carbocycles. The van der Waals surface area contributed by atoms with Crippen LogP contribution in [-0.4, -0.2) is 39.9 Å². The lowest BCUT2D eigenvalue weighted by atomic mass is 10.1. The maximum Gasteiger partial charge on any atom is 0.253 e. The molecule has 0 unspecified atom stereocenters. The van der Waals surface area contributed by atoms with E-state index in [1.807, 2.05) is 6.92 Å². The molecule has 1 aromatic heterocycles. The van der Waals surface area contributed by atoms with Crippen molar-refractivity contribution in [3.63, 3.8) is 0 Å². The van der Waals surface area contributed by atoms with Crippen molar-refractivity contribution in [2.45, 2.75) is 20.3 Å². The van der Waals surface area contributed by atoms with Crippen molar-refractivity contribution in [1.82, 2.24) is 13.6 Å². The Morgan fingerprint density at radius 1 is 1.44 bits per heavy atom. The largest absolute Gasteiger partial charge is 0.476 e. The Kier molecular flexibility index (Phi) is 3.90. The Morgan fingerprint density at radius 2 is 2.31 bits per heavy atom. The van der Waals surface area contributed by atoms with Gasteiger partial charge in [-0.1, -0.05) is 13.0 Å². The summed E-state index contributed by atoms with van der Waals surface area (Å²) in [5.41, 5.74) is 2.19. The molecule has 1 aliphatic rings. The minimum Gasteiger partial charge on any atom is -0.476 e.